The van der Waals surface area contributed by atoms with Gasteiger partial charge in [0.1, 0.15) is 6.04 Å². The van der Waals surface area contributed by atoms with Crippen LogP contribution in [0.2, 0.25) is 0 Å². The molecule has 0 radical (unpaired) electrons. The zero-order chi connectivity index (χ0) is 14.7. The number of aliphatic carboxylic acids is 1. The molecule has 2 aliphatic rings. The lowest BCUT2D eigenvalue weighted by molar-refractivity contribution is -0.141. The molecule has 2 atom stereocenters. The third-order valence-electron chi connectivity index (χ3n) is 4.10. The Balaban J connectivity index is 1.93. The molecule has 114 valence electrons. The summed E-state index contributed by atoms with van der Waals surface area (Å²) in [4.78, 5) is 26.5. The van der Waals surface area contributed by atoms with Gasteiger partial charge in [0.15, 0.2) is 0 Å². The molecular weight excluding hydrogens is 264 g/mol. The first-order valence-corrected chi connectivity index (χ1v) is 6.98. The average molecular weight is 286 g/mol. The minimum atomic E-state index is -1.05. The summed E-state index contributed by atoms with van der Waals surface area (Å²) in [6.07, 6.45) is 1.11. The van der Waals surface area contributed by atoms with E-state index in [1.165, 1.54) is 4.90 Å². The van der Waals surface area contributed by atoms with Gasteiger partial charge in [0.05, 0.1) is 6.10 Å². The lowest BCUT2D eigenvalue weighted by atomic mass is 9.98. The van der Waals surface area contributed by atoms with Gasteiger partial charge in [0.25, 0.3) is 0 Å². The highest BCUT2D eigenvalue weighted by atomic mass is 16.5. The zero-order valence-corrected chi connectivity index (χ0v) is 11.7. The fourth-order valence-corrected chi connectivity index (χ4v) is 2.97. The van der Waals surface area contributed by atoms with Gasteiger partial charge in [-0.15, -0.1) is 0 Å². The Labute approximate surface area is 118 Å². The number of hydrogen-bond donors (Lipinski definition) is 2. The van der Waals surface area contributed by atoms with Gasteiger partial charge in [-0.1, -0.05) is 0 Å². The summed E-state index contributed by atoms with van der Waals surface area (Å²) in [6.45, 7) is 2.04. The number of likely N-dealkylation sites (tertiary alicyclic amines) is 2. The highest BCUT2D eigenvalue weighted by Gasteiger charge is 2.41. The van der Waals surface area contributed by atoms with Crippen LogP contribution in [0, 0.1) is 5.92 Å². The Hall–Kier alpha value is -1.34. The number of ether oxygens (including phenoxy) is 1. The predicted octanol–water partition coefficient (Wildman–Crippen LogP) is -0.0154. The van der Waals surface area contributed by atoms with E-state index in [0.29, 0.717) is 25.6 Å². The van der Waals surface area contributed by atoms with Crippen molar-refractivity contribution in [3.05, 3.63) is 0 Å². The topological polar surface area (TPSA) is 90.3 Å². The molecule has 2 aliphatic heterocycles. The number of piperidine rings is 1. The standard InChI is InChI=1S/C13H22N2O5/c1-20-8-9-2-4-14(5-3-9)13(19)15-7-10(16)6-11(15)12(17)18/h9-11,16H,2-8H2,1H3,(H,17,18)/t10-,11+/m1/s1. The molecule has 7 heteroatoms. The van der Waals surface area contributed by atoms with Crippen LogP contribution in [0.5, 0.6) is 0 Å². The van der Waals surface area contributed by atoms with Crippen molar-refractivity contribution in [3.63, 3.8) is 0 Å². The van der Waals surface area contributed by atoms with E-state index in [1.54, 1.807) is 12.0 Å². The number of rotatable bonds is 3. The van der Waals surface area contributed by atoms with E-state index in [1.807, 2.05) is 0 Å². The van der Waals surface area contributed by atoms with E-state index in [9.17, 15) is 14.7 Å². The molecule has 0 saturated carbocycles. The van der Waals surface area contributed by atoms with Crippen LogP contribution in [-0.2, 0) is 9.53 Å². The fraction of sp³-hybridized carbons (Fsp3) is 0.846. The van der Waals surface area contributed by atoms with Crippen molar-refractivity contribution >= 4 is 12.0 Å². The van der Waals surface area contributed by atoms with Crippen LogP contribution < -0.4 is 0 Å². The molecule has 0 aromatic rings. The molecule has 2 amide bonds. The molecule has 2 heterocycles. The normalized spacial score (nSPS) is 27.9. The number of hydrogen-bond acceptors (Lipinski definition) is 4. The largest absolute Gasteiger partial charge is 0.480 e. The van der Waals surface area contributed by atoms with E-state index in [2.05, 4.69) is 0 Å². The number of aliphatic hydroxyl groups is 1. The predicted molar refractivity (Wildman–Crippen MR) is 70.3 cm³/mol. The lowest BCUT2D eigenvalue weighted by Gasteiger charge is -2.35. The molecule has 2 fully saturated rings. The van der Waals surface area contributed by atoms with Crippen LogP contribution in [0.1, 0.15) is 19.3 Å². The summed E-state index contributed by atoms with van der Waals surface area (Å²) in [7, 11) is 1.67. The van der Waals surface area contributed by atoms with Gasteiger partial charge < -0.3 is 24.7 Å². The number of carbonyl (C=O) groups is 2. The van der Waals surface area contributed by atoms with Crippen molar-refractivity contribution in [2.75, 3.05) is 33.4 Å². The van der Waals surface area contributed by atoms with Crippen LogP contribution in [0.3, 0.4) is 0 Å². The Bertz CT molecular complexity index is 368. The zero-order valence-electron chi connectivity index (χ0n) is 11.7. The number of carboxylic acids is 1. The van der Waals surface area contributed by atoms with Gasteiger partial charge >= 0.3 is 12.0 Å². The second-order valence-electron chi connectivity index (χ2n) is 5.56. The van der Waals surface area contributed by atoms with Crippen LogP contribution in [0.4, 0.5) is 4.79 Å². The Morgan fingerprint density at radius 1 is 1.30 bits per heavy atom. The van der Waals surface area contributed by atoms with Gasteiger partial charge in [-0.05, 0) is 18.8 Å². The van der Waals surface area contributed by atoms with Gasteiger partial charge in [0, 0.05) is 39.8 Å². The number of aliphatic hydroxyl groups excluding tert-OH is 1. The molecule has 7 nitrogen and oxygen atoms in total. The number of nitrogens with zero attached hydrogens (tertiary/aromatic N) is 2. The molecule has 0 unspecified atom stereocenters. The number of methoxy groups -OCH3 is 1. The summed E-state index contributed by atoms with van der Waals surface area (Å²) in [5.41, 5.74) is 0. The number of urea groups is 1. The van der Waals surface area contributed by atoms with Gasteiger partial charge in [-0.25, -0.2) is 9.59 Å². The third kappa shape index (κ3) is 3.21. The van der Waals surface area contributed by atoms with Crippen LogP contribution in [0.15, 0.2) is 0 Å². The van der Waals surface area contributed by atoms with E-state index >= 15 is 0 Å². The molecule has 0 spiro atoms. The first-order valence-electron chi connectivity index (χ1n) is 6.98. The van der Waals surface area contributed by atoms with E-state index in [-0.39, 0.29) is 19.0 Å². The quantitative estimate of drug-likeness (QED) is 0.761. The molecule has 2 N–H and O–H groups in total. The Morgan fingerprint density at radius 3 is 2.50 bits per heavy atom. The molecule has 0 bridgehead atoms. The van der Waals surface area contributed by atoms with Crippen molar-refractivity contribution in [2.24, 2.45) is 5.92 Å². The molecule has 20 heavy (non-hydrogen) atoms. The summed E-state index contributed by atoms with van der Waals surface area (Å²) < 4.78 is 5.11. The molecule has 0 aromatic heterocycles. The third-order valence-corrected chi connectivity index (χ3v) is 4.10. The van der Waals surface area contributed by atoms with Gasteiger partial charge in [-0.2, -0.15) is 0 Å². The summed E-state index contributed by atoms with van der Waals surface area (Å²) in [6, 6.07) is -1.18. The first kappa shape index (κ1) is 15.1. The van der Waals surface area contributed by atoms with E-state index < -0.39 is 18.1 Å². The smallest absolute Gasteiger partial charge is 0.326 e. The van der Waals surface area contributed by atoms with Gasteiger partial charge in [-0.3, -0.25) is 0 Å². The van der Waals surface area contributed by atoms with Crippen LogP contribution >= 0.6 is 0 Å². The monoisotopic (exact) mass is 286 g/mol. The Morgan fingerprint density at radius 2 is 1.95 bits per heavy atom. The lowest BCUT2D eigenvalue weighted by Crippen LogP contribution is -2.50. The first-order chi connectivity index (χ1) is 9.52. The molecular formula is C13H22N2O5. The summed E-state index contributed by atoms with van der Waals surface area (Å²) in [5, 5.41) is 18.7. The number of carboxylic acid groups (broad SMARTS) is 1. The highest BCUT2D eigenvalue weighted by Crippen LogP contribution is 2.23. The minimum absolute atomic E-state index is 0.105. The van der Waals surface area contributed by atoms with E-state index in [4.69, 9.17) is 9.84 Å². The molecule has 2 rings (SSSR count). The van der Waals surface area contributed by atoms with Crippen LogP contribution in [0.25, 0.3) is 0 Å². The van der Waals surface area contributed by atoms with Crippen molar-refractivity contribution < 1.29 is 24.5 Å². The SMILES string of the molecule is COCC1CCN(C(=O)N2C[C@H](O)C[C@H]2C(=O)O)CC1. The number of amides is 2. The maximum absolute atomic E-state index is 12.4. The second-order valence-corrected chi connectivity index (χ2v) is 5.56. The second kappa shape index (κ2) is 6.41. The summed E-state index contributed by atoms with van der Waals surface area (Å²) in [5.74, 6) is -0.590. The minimum Gasteiger partial charge on any atom is -0.480 e. The van der Waals surface area contributed by atoms with Crippen molar-refractivity contribution in [1.29, 1.82) is 0 Å². The highest BCUT2D eigenvalue weighted by molar-refractivity contribution is 5.83. The maximum atomic E-state index is 12.4. The molecule has 2 saturated heterocycles. The summed E-state index contributed by atoms with van der Waals surface area (Å²) >= 11 is 0. The van der Waals surface area contributed by atoms with Gasteiger partial charge in [0.2, 0.25) is 0 Å². The van der Waals surface area contributed by atoms with Crippen molar-refractivity contribution in [3.8, 4) is 0 Å². The number of carbonyl (C=O) groups excluding carboxylic acids is 1. The van der Waals surface area contributed by atoms with Crippen molar-refractivity contribution in [1.82, 2.24) is 9.80 Å². The number of β-amino-alcohol motifs (C(OH)–C–C–N with tert-alkyl or cyclic N) is 1. The molecule has 0 aromatic carbocycles. The van der Waals surface area contributed by atoms with Crippen molar-refractivity contribution in [2.45, 2.75) is 31.4 Å². The van der Waals surface area contributed by atoms with E-state index in [0.717, 1.165) is 12.8 Å². The van der Waals surface area contributed by atoms with Crippen LogP contribution in [-0.4, -0.2) is 77.5 Å². The fourth-order valence-electron chi connectivity index (χ4n) is 2.97. The Kier molecular flexibility index (Phi) is 4.82. The average Bonchev–Trinajstić information content (AvgIpc) is 2.81. The maximum Gasteiger partial charge on any atom is 0.326 e. The molecule has 0 aliphatic carbocycles.